The maximum Gasteiger partial charge on any atom is 0.159 e. The van der Waals surface area contributed by atoms with E-state index in [0.717, 1.165) is 61.6 Å². The number of aromatic nitrogens is 6. The van der Waals surface area contributed by atoms with Gasteiger partial charge in [0.25, 0.3) is 0 Å². The molecule has 26 heavy (non-hydrogen) atoms. The maximum atomic E-state index is 4.62. The molecule has 0 N–H and O–H groups in total. The van der Waals surface area contributed by atoms with E-state index in [2.05, 4.69) is 47.8 Å². The lowest BCUT2D eigenvalue weighted by molar-refractivity contribution is 0.637. The van der Waals surface area contributed by atoms with Crippen LogP contribution in [0.15, 0.2) is 36.9 Å². The maximum absolute atomic E-state index is 4.62. The number of aryl methyl sites for hydroxylation is 2. The van der Waals surface area contributed by atoms with Crippen molar-refractivity contribution in [3.63, 3.8) is 0 Å². The number of anilines is 2. The van der Waals surface area contributed by atoms with Gasteiger partial charge >= 0.3 is 0 Å². The second-order valence-corrected chi connectivity index (χ2v) is 6.28. The van der Waals surface area contributed by atoms with E-state index in [0.29, 0.717) is 0 Å². The first-order valence-corrected chi connectivity index (χ1v) is 8.89. The molecular weight excluding hydrogens is 328 g/mol. The lowest BCUT2D eigenvalue weighted by atomic mass is 10.2. The third-order valence-electron chi connectivity index (χ3n) is 4.55. The van der Waals surface area contributed by atoms with Gasteiger partial charge in [-0.2, -0.15) is 5.10 Å². The van der Waals surface area contributed by atoms with Gasteiger partial charge < -0.3 is 9.80 Å². The summed E-state index contributed by atoms with van der Waals surface area (Å²) in [5.41, 5.74) is 1.08. The van der Waals surface area contributed by atoms with Gasteiger partial charge in [-0.05, 0) is 19.4 Å². The molecule has 0 bridgehead atoms. The van der Waals surface area contributed by atoms with Crippen molar-refractivity contribution in [1.29, 1.82) is 0 Å². The smallest absolute Gasteiger partial charge is 0.159 e. The molecule has 0 aliphatic carbocycles. The molecule has 1 saturated heterocycles. The van der Waals surface area contributed by atoms with Crippen molar-refractivity contribution in [1.82, 2.24) is 29.7 Å². The van der Waals surface area contributed by atoms with Gasteiger partial charge in [-0.3, -0.25) is 0 Å². The third-order valence-corrected chi connectivity index (χ3v) is 4.55. The summed E-state index contributed by atoms with van der Waals surface area (Å²) in [6.07, 6.45) is 6.22. The Balaban J connectivity index is 1.49. The molecule has 3 aromatic rings. The molecule has 0 spiro atoms. The number of rotatable bonds is 4. The summed E-state index contributed by atoms with van der Waals surface area (Å²) in [5.74, 6) is 3.49. The zero-order valence-corrected chi connectivity index (χ0v) is 15.1. The first-order valence-electron chi connectivity index (χ1n) is 8.89. The van der Waals surface area contributed by atoms with Gasteiger partial charge in [0.2, 0.25) is 0 Å². The number of hydrogen-bond donors (Lipinski definition) is 0. The molecule has 4 heterocycles. The molecular formula is C18H22N8. The fourth-order valence-electron chi connectivity index (χ4n) is 3.14. The van der Waals surface area contributed by atoms with E-state index < -0.39 is 0 Å². The van der Waals surface area contributed by atoms with Gasteiger partial charge in [0.05, 0.1) is 0 Å². The highest BCUT2D eigenvalue weighted by Crippen LogP contribution is 2.20. The molecule has 0 radical (unpaired) electrons. The summed E-state index contributed by atoms with van der Waals surface area (Å²) in [4.78, 5) is 22.4. The minimum atomic E-state index is 0.749. The Labute approximate surface area is 152 Å². The van der Waals surface area contributed by atoms with Crippen LogP contribution in [-0.2, 0) is 6.42 Å². The normalized spacial score (nSPS) is 14.7. The second kappa shape index (κ2) is 7.07. The van der Waals surface area contributed by atoms with Crippen molar-refractivity contribution in [2.75, 3.05) is 36.0 Å². The molecule has 3 aromatic heterocycles. The number of nitrogens with zero attached hydrogens (tertiary/aromatic N) is 8. The van der Waals surface area contributed by atoms with Crippen LogP contribution in [0, 0.1) is 6.92 Å². The Bertz CT molecular complexity index is 869. The highest BCUT2D eigenvalue weighted by Gasteiger charge is 2.20. The largest absolute Gasteiger partial charge is 0.353 e. The van der Waals surface area contributed by atoms with Crippen molar-refractivity contribution >= 4 is 11.6 Å². The van der Waals surface area contributed by atoms with E-state index in [4.69, 9.17) is 0 Å². The Morgan fingerprint density at radius 3 is 2.35 bits per heavy atom. The first-order chi connectivity index (χ1) is 12.7. The highest BCUT2D eigenvalue weighted by atomic mass is 15.3. The fourth-order valence-corrected chi connectivity index (χ4v) is 3.14. The minimum Gasteiger partial charge on any atom is -0.353 e. The van der Waals surface area contributed by atoms with Crippen LogP contribution in [0.3, 0.4) is 0 Å². The SMILES string of the molecule is CCc1cc(N2CCN(c3cc(-n4cccn4)nc(C)n3)CC2)ncn1. The molecule has 0 saturated carbocycles. The summed E-state index contributed by atoms with van der Waals surface area (Å²) in [5, 5.41) is 4.27. The number of hydrogen-bond acceptors (Lipinski definition) is 7. The minimum absolute atomic E-state index is 0.749. The van der Waals surface area contributed by atoms with Crippen LogP contribution in [0.1, 0.15) is 18.4 Å². The van der Waals surface area contributed by atoms with E-state index >= 15 is 0 Å². The van der Waals surface area contributed by atoms with Gasteiger partial charge in [0, 0.05) is 56.4 Å². The van der Waals surface area contributed by atoms with Crippen molar-refractivity contribution < 1.29 is 0 Å². The predicted octanol–water partition coefficient (Wildman–Crippen LogP) is 1.65. The molecule has 1 aliphatic heterocycles. The van der Waals surface area contributed by atoms with Gasteiger partial charge in [-0.1, -0.05) is 6.92 Å². The van der Waals surface area contributed by atoms with Crippen LogP contribution < -0.4 is 9.80 Å². The lowest BCUT2D eigenvalue weighted by Gasteiger charge is -2.36. The predicted molar refractivity (Wildman–Crippen MR) is 99.7 cm³/mol. The molecule has 8 nitrogen and oxygen atoms in total. The summed E-state index contributed by atoms with van der Waals surface area (Å²) < 4.78 is 1.77. The zero-order chi connectivity index (χ0) is 17.9. The first kappa shape index (κ1) is 16.4. The van der Waals surface area contributed by atoms with Crippen LogP contribution in [0.5, 0.6) is 0 Å². The molecule has 0 atom stereocenters. The standard InChI is InChI=1S/C18H22N8/c1-3-15-11-16(20-13-19-15)24-7-9-25(10-8-24)17-12-18(23-14(2)22-17)26-6-4-5-21-26/h4-6,11-13H,3,7-10H2,1-2H3. The van der Waals surface area contributed by atoms with Crippen LogP contribution >= 0.6 is 0 Å². The average molecular weight is 350 g/mol. The molecule has 8 heteroatoms. The zero-order valence-electron chi connectivity index (χ0n) is 15.1. The van der Waals surface area contributed by atoms with Crippen LogP contribution in [0.4, 0.5) is 11.6 Å². The van der Waals surface area contributed by atoms with Crippen molar-refractivity contribution in [3.05, 3.63) is 48.4 Å². The van der Waals surface area contributed by atoms with Gasteiger partial charge in [0.15, 0.2) is 5.82 Å². The molecule has 1 aliphatic rings. The lowest BCUT2D eigenvalue weighted by Crippen LogP contribution is -2.47. The van der Waals surface area contributed by atoms with Crippen LogP contribution in [0.25, 0.3) is 5.82 Å². The summed E-state index contributed by atoms with van der Waals surface area (Å²) in [7, 11) is 0. The Hall–Kier alpha value is -3.03. The van der Waals surface area contributed by atoms with Crippen molar-refractivity contribution in [2.45, 2.75) is 20.3 Å². The Kier molecular flexibility index (Phi) is 4.47. The van der Waals surface area contributed by atoms with E-state index in [1.807, 2.05) is 25.3 Å². The molecule has 134 valence electrons. The monoisotopic (exact) mass is 350 g/mol. The van der Waals surface area contributed by atoms with Crippen molar-refractivity contribution in [3.8, 4) is 5.82 Å². The van der Waals surface area contributed by atoms with E-state index in [9.17, 15) is 0 Å². The number of piperazine rings is 1. The second-order valence-electron chi connectivity index (χ2n) is 6.28. The molecule has 1 fully saturated rings. The third kappa shape index (κ3) is 3.35. The fraction of sp³-hybridized carbons (Fsp3) is 0.389. The van der Waals surface area contributed by atoms with Crippen LogP contribution in [0.2, 0.25) is 0 Å². The molecule has 4 rings (SSSR count). The Morgan fingerprint density at radius 1 is 0.923 bits per heavy atom. The summed E-state index contributed by atoms with van der Waals surface area (Å²) in [6, 6.07) is 5.97. The van der Waals surface area contributed by atoms with Gasteiger partial charge in [-0.25, -0.2) is 24.6 Å². The van der Waals surface area contributed by atoms with Crippen molar-refractivity contribution in [2.24, 2.45) is 0 Å². The summed E-state index contributed by atoms with van der Waals surface area (Å²) >= 11 is 0. The quantitative estimate of drug-likeness (QED) is 0.708. The molecule has 0 amide bonds. The molecule has 0 unspecified atom stereocenters. The van der Waals surface area contributed by atoms with Gasteiger partial charge in [-0.15, -0.1) is 0 Å². The average Bonchev–Trinajstić information content (AvgIpc) is 3.23. The van der Waals surface area contributed by atoms with E-state index in [1.165, 1.54) is 0 Å². The van der Waals surface area contributed by atoms with E-state index in [1.54, 1.807) is 17.2 Å². The topological polar surface area (TPSA) is 75.9 Å². The highest BCUT2D eigenvalue weighted by molar-refractivity contribution is 5.47. The van der Waals surface area contributed by atoms with Crippen LogP contribution in [-0.4, -0.2) is 55.9 Å². The summed E-state index contributed by atoms with van der Waals surface area (Å²) in [6.45, 7) is 7.61. The van der Waals surface area contributed by atoms with Gasteiger partial charge in [0.1, 0.15) is 23.8 Å². The van der Waals surface area contributed by atoms with E-state index in [-0.39, 0.29) is 0 Å². The Morgan fingerprint density at radius 2 is 1.65 bits per heavy atom. The molecule has 0 aromatic carbocycles.